The van der Waals surface area contributed by atoms with Gasteiger partial charge in [-0.05, 0) is 12.8 Å². The van der Waals surface area contributed by atoms with Gasteiger partial charge in [0, 0.05) is 17.8 Å². The van der Waals surface area contributed by atoms with Crippen molar-refractivity contribution in [2.45, 2.75) is 38.1 Å². The van der Waals surface area contributed by atoms with Crippen LogP contribution in [0.1, 0.15) is 32.1 Å². The molecule has 1 aliphatic rings. The average molecular weight is 157 g/mol. The Kier molecular flexibility index (Phi) is 2.57. The zero-order valence-electron chi connectivity index (χ0n) is 6.28. The summed E-state index contributed by atoms with van der Waals surface area (Å²) in [6.45, 7) is 0. The predicted octanol–water partition coefficient (Wildman–Crippen LogP) is 1.16. The molecule has 4 heteroatoms. The van der Waals surface area contributed by atoms with Crippen LogP contribution in [-0.2, 0) is 4.79 Å². The molecule has 1 unspecified atom stereocenters. The van der Waals surface area contributed by atoms with Gasteiger partial charge in [0.15, 0.2) is 0 Å². The second kappa shape index (κ2) is 3.46. The van der Waals surface area contributed by atoms with E-state index in [2.05, 4.69) is 0 Å². The maximum Gasteiger partial charge on any atom is 0.270 e. The lowest BCUT2D eigenvalue weighted by Gasteiger charge is -2.02. The van der Waals surface area contributed by atoms with Crippen molar-refractivity contribution < 1.29 is 9.72 Å². The van der Waals surface area contributed by atoms with Gasteiger partial charge in [-0.2, -0.15) is 0 Å². The first-order chi connectivity index (χ1) is 5.22. The van der Waals surface area contributed by atoms with Crippen molar-refractivity contribution in [2.75, 3.05) is 0 Å². The number of nitro groups is 1. The molecule has 0 aromatic rings. The lowest BCUT2D eigenvalue weighted by Crippen LogP contribution is -2.27. The molecule has 11 heavy (non-hydrogen) atoms. The number of ketones is 1. The van der Waals surface area contributed by atoms with Crippen molar-refractivity contribution in [3.8, 4) is 0 Å². The fourth-order valence-electron chi connectivity index (χ4n) is 1.36. The van der Waals surface area contributed by atoms with Crippen LogP contribution in [-0.4, -0.2) is 16.7 Å². The molecule has 0 aromatic carbocycles. The maximum atomic E-state index is 11.0. The topological polar surface area (TPSA) is 60.2 Å². The molecule has 0 bridgehead atoms. The largest absolute Gasteiger partial charge is 0.292 e. The second-order valence-corrected chi connectivity index (χ2v) is 2.87. The van der Waals surface area contributed by atoms with E-state index in [1.165, 1.54) is 0 Å². The van der Waals surface area contributed by atoms with Gasteiger partial charge in [-0.3, -0.25) is 14.9 Å². The molecule has 0 amide bonds. The summed E-state index contributed by atoms with van der Waals surface area (Å²) in [4.78, 5) is 20.9. The van der Waals surface area contributed by atoms with Crippen molar-refractivity contribution in [1.82, 2.24) is 0 Å². The Morgan fingerprint density at radius 3 is 2.73 bits per heavy atom. The molecular weight excluding hydrogens is 146 g/mol. The molecule has 0 radical (unpaired) electrons. The van der Waals surface area contributed by atoms with Gasteiger partial charge in [0.05, 0.1) is 0 Å². The predicted molar refractivity (Wildman–Crippen MR) is 38.9 cm³/mol. The Morgan fingerprint density at radius 1 is 1.36 bits per heavy atom. The molecular formula is C7H11NO3. The molecule has 0 heterocycles. The maximum absolute atomic E-state index is 11.0. The smallest absolute Gasteiger partial charge is 0.270 e. The van der Waals surface area contributed by atoms with E-state index in [9.17, 15) is 14.9 Å². The van der Waals surface area contributed by atoms with Crippen molar-refractivity contribution in [1.29, 1.82) is 0 Å². The van der Waals surface area contributed by atoms with E-state index >= 15 is 0 Å². The molecule has 62 valence electrons. The van der Waals surface area contributed by atoms with Crippen LogP contribution in [0.15, 0.2) is 0 Å². The van der Waals surface area contributed by atoms with Crippen LogP contribution in [0.5, 0.6) is 0 Å². The first kappa shape index (κ1) is 8.17. The summed E-state index contributed by atoms with van der Waals surface area (Å²) >= 11 is 0. The van der Waals surface area contributed by atoms with Crippen molar-refractivity contribution >= 4 is 5.78 Å². The quantitative estimate of drug-likeness (QED) is 0.326. The van der Waals surface area contributed by atoms with E-state index < -0.39 is 11.0 Å². The van der Waals surface area contributed by atoms with Crippen LogP contribution in [0.2, 0.25) is 0 Å². The van der Waals surface area contributed by atoms with E-state index in [4.69, 9.17) is 0 Å². The van der Waals surface area contributed by atoms with E-state index in [1.54, 1.807) is 0 Å². The minimum Gasteiger partial charge on any atom is -0.292 e. The molecule has 1 atom stereocenters. The number of carbonyl (C=O) groups is 1. The third-order valence-corrected chi connectivity index (χ3v) is 2.03. The number of rotatable bonds is 1. The zero-order valence-corrected chi connectivity index (χ0v) is 6.28. The summed E-state index contributed by atoms with van der Waals surface area (Å²) in [5.74, 6) is -0.187. The highest BCUT2D eigenvalue weighted by Crippen LogP contribution is 2.16. The van der Waals surface area contributed by atoms with Crippen molar-refractivity contribution in [3.63, 3.8) is 0 Å². The van der Waals surface area contributed by atoms with Crippen molar-refractivity contribution in [3.05, 3.63) is 10.1 Å². The summed E-state index contributed by atoms with van der Waals surface area (Å²) in [6, 6.07) is -0.905. The number of Topliss-reactive ketones (excluding diaryl/α,β-unsaturated/α-hetero) is 1. The molecule has 0 saturated heterocycles. The second-order valence-electron chi connectivity index (χ2n) is 2.87. The minimum absolute atomic E-state index is 0.187. The number of nitrogens with zero attached hydrogens (tertiary/aromatic N) is 1. The van der Waals surface area contributed by atoms with Gasteiger partial charge in [0.2, 0.25) is 5.78 Å². The molecule has 0 N–H and O–H groups in total. The number of carbonyl (C=O) groups excluding carboxylic acids is 1. The molecule has 1 saturated carbocycles. The van der Waals surface area contributed by atoms with E-state index in [-0.39, 0.29) is 5.78 Å². The molecule has 1 aliphatic carbocycles. The SMILES string of the molecule is O=C1CCCCCC1[N+](=O)[O-]. The normalized spacial score (nSPS) is 26.2. The Balaban J connectivity index is 2.59. The summed E-state index contributed by atoms with van der Waals surface area (Å²) in [5.41, 5.74) is 0. The van der Waals surface area contributed by atoms with Gasteiger partial charge < -0.3 is 0 Å². The van der Waals surface area contributed by atoms with Crippen molar-refractivity contribution in [2.24, 2.45) is 0 Å². The number of hydrogen-bond donors (Lipinski definition) is 0. The fourth-order valence-corrected chi connectivity index (χ4v) is 1.36. The minimum atomic E-state index is -0.905. The van der Waals surface area contributed by atoms with Crippen LogP contribution >= 0.6 is 0 Å². The van der Waals surface area contributed by atoms with Gasteiger partial charge in [-0.15, -0.1) is 0 Å². The van der Waals surface area contributed by atoms with Crippen LogP contribution in [0.3, 0.4) is 0 Å². The molecule has 0 aromatic heterocycles. The lowest BCUT2D eigenvalue weighted by atomic mass is 10.1. The lowest BCUT2D eigenvalue weighted by molar-refractivity contribution is -0.508. The highest BCUT2D eigenvalue weighted by Gasteiger charge is 2.29. The Hall–Kier alpha value is -0.930. The van der Waals surface area contributed by atoms with Crippen LogP contribution in [0, 0.1) is 10.1 Å². The highest BCUT2D eigenvalue weighted by atomic mass is 16.6. The van der Waals surface area contributed by atoms with Gasteiger partial charge in [-0.1, -0.05) is 6.42 Å². The van der Waals surface area contributed by atoms with E-state index in [0.29, 0.717) is 12.8 Å². The van der Waals surface area contributed by atoms with Crippen LogP contribution in [0.25, 0.3) is 0 Å². The monoisotopic (exact) mass is 157 g/mol. The molecule has 1 rings (SSSR count). The van der Waals surface area contributed by atoms with Gasteiger partial charge in [-0.25, -0.2) is 0 Å². The van der Waals surface area contributed by atoms with Crippen LogP contribution in [0.4, 0.5) is 0 Å². The summed E-state index contributed by atoms with van der Waals surface area (Å²) < 4.78 is 0. The third kappa shape index (κ3) is 2.00. The molecule has 0 spiro atoms. The first-order valence-corrected chi connectivity index (χ1v) is 3.88. The molecule has 4 nitrogen and oxygen atoms in total. The third-order valence-electron chi connectivity index (χ3n) is 2.03. The van der Waals surface area contributed by atoms with Crippen LogP contribution < -0.4 is 0 Å². The summed E-state index contributed by atoms with van der Waals surface area (Å²) in [7, 11) is 0. The zero-order chi connectivity index (χ0) is 8.27. The van der Waals surface area contributed by atoms with Gasteiger partial charge in [0.1, 0.15) is 0 Å². The Labute approximate surface area is 64.7 Å². The van der Waals surface area contributed by atoms with Gasteiger partial charge >= 0.3 is 0 Å². The van der Waals surface area contributed by atoms with Gasteiger partial charge in [0.25, 0.3) is 6.04 Å². The molecule has 0 aliphatic heterocycles. The first-order valence-electron chi connectivity index (χ1n) is 3.88. The summed E-state index contributed by atoms with van der Waals surface area (Å²) in [6.07, 6.45) is 3.42. The number of hydrogen-bond acceptors (Lipinski definition) is 3. The van der Waals surface area contributed by atoms with E-state index in [1.807, 2.05) is 0 Å². The summed E-state index contributed by atoms with van der Waals surface area (Å²) in [5, 5.41) is 10.3. The Morgan fingerprint density at radius 2 is 2.09 bits per heavy atom. The Bertz CT molecular complexity index is 179. The highest BCUT2D eigenvalue weighted by molar-refractivity contribution is 5.82. The van der Waals surface area contributed by atoms with E-state index in [0.717, 1.165) is 19.3 Å². The average Bonchev–Trinajstić information content (AvgIpc) is 2.13. The standard InChI is InChI=1S/C7H11NO3/c9-7-5-3-1-2-4-6(7)8(10)11/h6H,1-5H2. The molecule has 1 fully saturated rings. The fraction of sp³-hybridized carbons (Fsp3) is 0.857.